The van der Waals surface area contributed by atoms with E-state index in [0.717, 1.165) is 34.0 Å². The Hall–Kier alpha value is -5.08. The van der Waals surface area contributed by atoms with Gasteiger partial charge in [0.2, 0.25) is 0 Å². The van der Waals surface area contributed by atoms with Crippen molar-refractivity contribution in [3.8, 4) is 27.9 Å². The summed E-state index contributed by atoms with van der Waals surface area (Å²) < 4.78 is 8.49. The molecule has 1 aliphatic carbocycles. The molecular weight excluding hydrogens is 474 g/mol. The Labute approximate surface area is 225 Å². The van der Waals surface area contributed by atoms with Crippen molar-refractivity contribution in [3.05, 3.63) is 139 Å². The zero-order chi connectivity index (χ0) is 25.5. The zero-order valence-electron chi connectivity index (χ0n) is 21.2. The summed E-state index contributed by atoms with van der Waals surface area (Å²) in [4.78, 5) is 0. The Bertz CT molecular complexity index is 2260. The fourth-order valence-corrected chi connectivity index (χ4v) is 6.59. The van der Waals surface area contributed by atoms with Crippen molar-refractivity contribution in [2.45, 2.75) is 6.42 Å². The van der Waals surface area contributed by atoms with E-state index in [2.05, 4.69) is 120 Å². The lowest BCUT2D eigenvalue weighted by molar-refractivity contribution is 0.669. The highest BCUT2D eigenvalue weighted by Gasteiger charge is 2.19. The first-order chi connectivity index (χ1) is 19.3. The fraction of sp³-hybridized carbons (Fsp3) is 0.0270. The average Bonchev–Trinajstić information content (AvgIpc) is 3.65. The molecule has 39 heavy (non-hydrogen) atoms. The second kappa shape index (κ2) is 7.72. The summed E-state index contributed by atoms with van der Waals surface area (Å²) in [5.74, 6) is 0. The lowest BCUT2D eigenvalue weighted by Gasteiger charge is -2.09. The van der Waals surface area contributed by atoms with Crippen LogP contribution in [0.3, 0.4) is 0 Å². The Balaban J connectivity index is 1.25. The van der Waals surface area contributed by atoms with E-state index in [0.29, 0.717) is 0 Å². The maximum Gasteiger partial charge on any atom is 0.135 e. The minimum atomic E-state index is 0.918. The smallest absolute Gasteiger partial charge is 0.135 e. The number of hydrogen-bond acceptors (Lipinski definition) is 1. The first-order valence-electron chi connectivity index (χ1n) is 13.5. The molecule has 6 aromatic carbocycles. The van der Waals surface area contributed by atoms with Crippen molar-refractivity contribution in [1.82, 2.24) is 4.57 Å². The molecule has 0 amide bonds. The molecule has 9 rings (SSSR count). The van der Waals surface area contributed by atoms with E-state index in [4.69, 9.17) is 4.42 Å². The normalized spacial score (nSPS) is 12.5. The van der Waals surface area contributed by atoms with E-state index < -0.39 is 0 Å². The van der Waals surface area contributed by atoms with Crippen LogP contribution in [0.4, 0.5) is 0 Å². The molecule has 0 atom stereocenters. The molecule has 0 bridgehead atoms. The predicted molar refractivity (Wildman–Crippen MR) is 162 cm³/mol. The van der Waals surface area contributed by atoms with Crippen molar-refractivity contribution >= 4 is 43.7 Å². The van der Waals surface area contributed by atoms with E-state index in [1.54, 1.807) is 0 Å². The van der Waals surface area contributed by atoms with Gasteiger partial charge in [0.1, 0.15) is 11.2 Å². The number of nitrogens with zero attached hydrogens (tertiary/aromatic N) is 1. The summed E-state index contributed by atoms with van der Waals surface area (Å²) >= 11 is 0. The second-order valence-corrected chi connectivity index (χ2v) is 10.6. The van der Waals surface area contributed by atoms with E-state index in [1.807, 2.05) is 12.1 Å². The molecule has 0 radical (unpaired) electrons. The van der Waals surface area contributed by atoms with E-state index in [-0.39, 0.29) is 0 Å². The maximum atomic E-state index is 6.11. The number of hydrogen-bond donors (Lipinski definition) is 0. The Kier molecular flexibility index (Phi) is 4.14. The first kappa shape index (κ1) is 20.9. The van der Waals surface area contributed by atoms with Gasteiger partial charge < -0.3 is 8.98 Å². The Morgan fingerprint density at radius 1 is 0.462 bits per heavy atom. The average molecular weight is 498 g/mol. The minimum Gasteiger partial charge on any atom is -0.456 e. The number of furan rings is 1. The van der Waals surface area contributed by atoms with Crippen LogP contribution in [0.1, 0.15) is 11.1 Å². The summed E-state index contributed by atoms with van der Waals surface area (Å²) in [6, 6.07) is 46.2. The van der Waals surface area contributed by atoms with E-state index in [9.17, 15) is 0 Å². The minimum absolute atomic E-state index is 0.918. The van der Waals surface area contributed by atoms with Gasteiger partial charge in [-0.2, -0.15) is 0 Å². The van der Waals surface area contributed by atoms with Crippen LogP contribution in [0.5, 0.6) is 0 Å². The van der Waals surface area contributed by atoms with Gasteiger partial charge in [0.25, 0.3) is 0 Å². The quantitative estimate of drug-likeness (QED) is 0.232. The number of rotatable bonds is 2. The number of benzene rings is 6. The summed E-state index contributed by atoms with van der Waals surface area (Å²) in [7, 11) is 0. The molecule has 0 N–H and O–H groups in total. The van der Waals surface area contributed by atoms with Crippen LogP contribution >= 0.6 is 0 Å². The van der Waals surface area contributed by atoms with Crippen LogP contribution in [0.2, 0.25) is 0 Å². The van der Waals surface area contributed by atoms with Crippen molar-refractivity contribution in [2.24, 2.45) is 0 Å². The van der Waals surface area contributed by atoms with Gasteiger partial charge in [-0.1, -0.05) is 78.9 Å². The van der Waals surface area contributed by atoms with Crippen LogP contribution in [0.15, 0.2) is 132 Å². The molecule has 0 saturated carbocycles. The molecule has 2 heteroatoms. The fourth-order valence-electron chi connectivity index (χ4n) is 6.59. The molecule has 2 nitrogen and oxygen atoms in total. The van der Waals surface area contributed by atoms with Gasteiger partial charge in [0.15, 0.2) is 0 Å². The molecule has 182 valence electrons. The van der Waals surface area contributed by atoms with Crippen molar-refractivity contribution in [1.29, 1.82) is 0 Å². The summed E-state index contributed by atoms with van der Waals surface area (Å²) in [5.41, 5.74) is 13.5. The van der Waals surface area contributed by atoms with Gasteiger partial charge in [0, 0.05) is 27.2 Å². The van der Waals surface area contributed by atoms with Gasteiger partial charge in [-0.3, -0.25) is 0 Å². The van der Waals surface area contributed by atoms with E-state index in [1.165, 1.54) is 55.2 Å². The lowest BCUT2D eigenvalue weighted by Crippen LogP contribution is -1.93. The highest BCUT2D eigenvalue weighted by molar-refractivity contribution is 6.11. The van der Waals surface area contributed by atoms with Gasteiger partial charge in [-0.15, -0.1) is 0 Å². The van der Waals surface area contributed by atoms with Crippen molar-refractivity contribution < 1.29 is 4.42 Å². The van der Waals surface area contributed by atoms with Crippen LogP contribution in [-0.2, 0) is 6.42 Å². The SMILES string of the molecule is c1ccc2c(c1)Cc1ccc(-c3ccc4c(c3)c3ccccc3n4-c3ccc4oc5ccccc5c4c3)cc1-2. The van der Waals surface area contributed by atoms with Crippen LogP contribution in [-0.4, -0.2) is 4.57 Å². The molecule has 1 aliphatic rings. The Morgan fingerprint density at radius 2 is 1.18 bits per heavy atom. The van der Waals surface area contributed by atoms with Crippen LogP contribution in [0.25, 0.3) is 71.7 Å². The van der Waals surface area contributed by atoms with Crippen LogP contribution in [0, 0.1) is 0 Å². The molecule has 0 unspecified atom stereocenters. The molecule has 0 spiro atoms. The molecule has 0 fully saturated rings. The largest absolute Gasteiger partial charge is 0.456 e. The first-order valence-corrected chi connectivity index (χ1v) is 13.5. The van der Waals surface area contributed by atoms with Gasteiger partial charge in [0.05, 0.1) is 11.0 Å². The lowest BCUT2D eigenvalue weighted by atomic mass is 9.97. The molecule has 2 aromatic heterocycles. The summed E-state index contributed by atoms with van der Waals surface area (Å²) in [6.07, 6.45) is 1.02. The third-order valence-corrected chi connectivity index (χ3v) is 8.42. The summed E-state index contributed by atoms with van der Waals surface area (Å²) in [6.45, 7) is 0. The molecule has 0 saturated heterocycles. The van der Waals surface area contributed by atoms with Gasteiger partial charge in [-0.25, -0.2) is 0 Å². The highest BCUT2D eigenvalue weighted by Crippen LogP contribution is 2.41. The maximum absolute atomic E-state index is 6.11. The molecule has 2 heterocycles. The molecule has 8 aromatic rings. The zero-order valence-corrected chi connectivity index (χ0v) is 21.2. The molecule has 0 aliphatic heterocycles. The summed E-state index contributed by atoms with van der Waals surface area (Å²) in [5, 5.41) is 4.82. The van der Waals surface area contributed by atoms with Gasteiger partial charge >= 0.3 is 0 Å². The van der Waals surface area contributed by atoms with Gasteiger partial charge in [-0.05, 0) is 88.3 Å². The standard InChI is InChI=1S/C37H23NO/c1-2-8-28-25(7-1)19-26-14-13-23(20-31(26)28)24-15-17-35-32(21-24)29-9-3-5-11-34(29)38(35)27-16-18-37-33(22-27)30-10-4-6-12-36(30)39-37/h1-18,20-22H,19H2. The van der Waals surface area contributed by atoms with E-state index >= 15 is 0 Å². The third-order valence-electron chi connectivity index (χ3n) is 8.42. The van der Waals surface area contributed by atoms with Crippen LogP contribution < -0.4 is 0 Å². The number of aromatic nitrogens is 1. The second-order valence-electron chi connectivity index (χ2n) is 10.6. The van der Waals surface area contributed by atoms with Crippen molar-refractivity contribution in [3.63, 3.8) is 0 Å². The Morgan fingerprint density at radius 3 is 2.15 bits per heavy atom. The monoisotopic (exact) mass is 497 g/mol. The molecular formula is C37H23NO. The predicted octanol–water partition coefficient (Wildman–Crippen LogP) is 9.92. The number of para-hydroxylation sites is 2. The number of fused-ring (bicyclic) bond motifs is 9. The topological polar surface area (TPSA) is 18.1 Å². The highest BCUT2D eigenvalue weighted by atomic mass is 16.3. The van der Waals surface area contributed by atoms with Crippen molar-refractivity contribution in [2.75, 3.05) is 0 Å². The third kappa shape index (κ3) is 2.97.